The lowest BCUT2D eigenvalue weighted by Gasteiger charge is -2.15. The number of amides is 1. The number of furan rings is 1. The molecule has 5 nitrogen and oxygen atoms in total. The molecule has 5 heteroatoms. The summed E-state index contributed by atoms with van der Waals surface area (Å²) >= 11 is 0. The molecule has 0 aliphatic carbocycles. The number of hydrogen-bond acceptors (Lipinski definition) is 3. The number of anilines is 1. The molecule has 0 saturated heterocycles. The van der Waals surface area contributed by atoms with Gasteiger partial charge in [0.1, 0.15) is 11.3 Å². The zero-order valence-electron chi connectivity index (χ0n) is 13.4. The van der Waals surface area contributed by atoms with Crippen molar-refractivity contribution >= 4 is 17.2 Å². The summed E-state index contributed by atoms with van der Waals surface area (Å²) in [6.45, 7) is 0.701. The Morgan fingerprint density at radius 3 is 2.84 bits per heavy atom. The molecule has 0 bridgehead atoms. The number of benzene rings is 1. The minimum absolute atomic E-state index is 0.0569. The zero-order chi connectivity index (χ0) is 16.8. The second kappa shape index (κ2) is 5.34. The van der Waals surface area contributed by atoms with E-state index in [0.717, 1.165) is 28.9 Å². The second-order valence-corrected chi connectivity index (χ2v) is 6.16. The number of nitrogens with zero attached hydrogens (tertiary/aromatic N) is 3. The van der Waals surface area contributed by atoms with Crippen LogP contribution < -0.4 is 4.90 Å². The topological polar surface area (TPSA) is 50.8 Å². The first kappa shape index (κ1) is 14.0. The summed E-state index contributed by atoms with van der Waals surface area (Å²) in [6, 6.07) is 13.8. The Labute approximate surface area is 144 Å². The number of fused-ring (bicyclic) bond motifs is 2. The highest BCUT2D eigenvalue weighted by atomic mass is 16.3. The van der Waals surface area contributed by atoms with E-state index in [1.807, 2.05) is 51.9 Å². The SMILES string of the molecule is O=C(c1cn2cc(-c3ccoc3)ccc2n1)N1CCc2ccccc21. The van der Waals surface area contributed by atoms with Crippen LogP contribution in [0.1, 0.15) is 16.1 Å². The van der Waals surface area contributed by atoms with Gasteiger partial charge in [0.15, 0.2) is 0 Å². The Kier molecular flexibility index (Phi) is 3.00. The highest BCUT2D eigenvalue weighted by molar-refractivity contribution is 6.06. The third-order valence-corrected chi connectivity index (χ3v) is 4.66. The predicted octanol–water partition coefficient (Wildman–Crippen LogP) is 3.80. The molecule has 3 aromatic heterocycles. The molecule has 0 saturated carbocycles. The van der Waals surface area contributed by atoms with E-state index in [2.05, 4.69) is 11.1 Å². The number of para-hydroxylation sites is 1. The van der Waals surface area contributed by atoms with E-state index in [1.54, 1.807) is 18.7 Å². The molecule has 0 spiro atoms. The van der Waals surface area contributed by atoms with Gasteiger partial charge in [-0.15, -0.1) is 0 Å². The molecule has 1 aliphatic rings. The van der Waals surface area contributed by atoms with Gasteiger partial charge < -0.3 is 13.7 Å². The standard InChI is InChI=1S/C20H15N3O2/c24-20(23-9-7-14-3-1-2-4-18(14)23)17-12-22-11-15(5-6-19(22)21-17)16-8-10-25-13-16/h1-6,8,10-13H,7,9H2. The van der Waals surface area contributed by atoms with Gasteiger partial charge in [-0.3, -0.25) is 4.79 Å². The maximum Gasteiger partial charge on any atom is 0.278 e. The van der Waals surface area contributed by atoms with Crippen molar-refractivity contribution in [3.05, 3.63) is 78.6 Å². The van der Waals surface area contributed by atoms with E-state index in [0.29, 0.717) is 12.2 Å². The van der Waals surface area contributed by atoms with Crippen LogP contribution in [0.15, 0.2) is 71.8 Å². The van der Waals surface area contributed by atoms with Gasteiger partial charge in [0.05, 0.1) is 12.5 Å². The van der Waals surface area contributed by atoms with E-state index >= 15 is 0 Å². The lowest BCUT2D eigenvalue weighted by atomic mass is 10.1. The van der Waals surface area contributed by atoms with Crippen molar-refractivity contribution in [3.8, 4) is 11.1 Å². The van der Waals surface area contributed by atoms with Crippen LogP contribution in [0.2, 0.25) is 0 Å². The fourth-order valence-corrected chi connectivity index (χ4v) is 3.38. The molecule has 0 N–H and O–H groups in total. The molecule has 1 aliphatic heterocycles. The van der Waals surface area contributed by atoms with Crippen molar-refractivity contribution < 1.29 is 9.21 Å². The molecule has 0 atom stereocenters. The van der Waals surface area contributed by atoms with Gasteiger partial charge in [0.25, 0.3) is 5.91 Å². The highest BCUT2D eigenvalue weighted by Gasteiger charge is 2.26. The van der Waals surface area contributed by atoms with Crippen LogP contribution in [0.4, 0.5) is 5.69 Å². The van der Waals surface area contributed by atoms with E-state index in [-0.39, 0.29) is 5.91 Å². The fourth-order valence-electron chi connectivity index (χ4n) is 3.38. The predicted molar refractivity (Wildman–Crippen MR) is 94.7 cm³/mol. The van der Waals surface area contributed by atoms with Gasteiger partial charge in [-0.1, -0.05) is 18.2 Å². The van der Waals surface area contributed by atoms with Crippen LogP contribution in [0, 0.1) is 0 Å². The summed E-state index contributed by atoms with van der Waals surface area (Å²) in [5, 5.41) is 0. The number of hydrogen-bond donors (Lipinski definition) is 0. The van der Waals surface area contributed by atoms with Crippen LogP contribution in [-0.2, 0) is 6.42 Å². The number of carbonyl (C=O) groups excluding carboxylic acids is 1. The summed E-state index contributed by atoms with van der Waals surface area (Å²) in [5.74, 6) is -0.0569. The van der Waals surface area contributed by atoms with Gasteiger partial charge in [0, 0.05) is 35.8 Å². The third-order valence-electron chi connectivity index (χ3n) is 4.66. The first-order valence-electron chi connectivity index (χ1n) is 8.21. The molecule has 1 aromatic carbocycles. The van der Waals surface area contributed by atoms with Crippen LogP contribution in [-0.4, -0.2) is 21.8 Å². The molecule has 4 aromatic rings. The summed E-state index contributed by atoms with van der Waals surface area (Å²) in [7, 11) is 0. The maximum atomic E-state index is 12.9. The largest absolute Gasteiger partial charge is 0.472 e. The van der Waals surface area contributed by atoms with Crippen LogP contribution in [0.3, 0.4) is 0 Å². The van der Waals surface area contributed by atoms with Gasteiger partial charge in [0.2, 0.25) is 0 Å². The first-order valence-corrected chi connectivity index (χ1v) is 8.21. The van der Waals surface area contributed by atoms with Gasteiger partial charge >= 0.3 is 0 Å². The zero-order valence-corrected chi connectivity index (χ0v) is 13.4. The van der Waals surface area contributed by atoms with Gasteiger partial charge in [-0.05, 0) is 36.2 Å². The van der Waals surface area contributed by atoms with E-state index in [9.17, 15) is 4.79 Å². The molecule has 1 amide bonds. The monoisotopic (exact) mass is 329 g/mol. The number of carbonyl (C=O) groups is 1. The Hall–Kier alpha value is -3.34. The van der Waals surface area contributed by atoms with Gasteiger partial charge in [-0.2, -0.15) is 0 Å². The minimum Gasteiger partial charge on any atom is -0.472 e. The molecular weight excluding hydrogens is 314 g/mol. The fraction of sp³-hybridized carbons (Fsp3) is 0.100. The Morgan fingerprint density at radius 1 is 1.04 bits per heavy atom. The molecule has 0 unspecified atom stereocenters. The Bertz CT molecular complexity index is 1080. The molecule has 0 fully saturated rings. The van der Waals surface area contributed by atoms with E-state index in [1.165, 1.54) is 5.56 Å². The smallest absolute Gasteiger partial charge is 0.278 e. The van der Waals surface area contributed by atoms with Crippen molar-refractivity contribution in [2.24, 2.45) is 0 Å². The first-order chi connectivity index (χ1) is 12.3. The van der Waals surface area contributed by atoms with Crippen molar-refractivity contribution in [2.75, 3.05) is 11.4 Å². The normalized spacial score (nSPS) is 13.4. The molecule has 5 rings (SSSR count). The van der Waals surface area contributed by atoms with Crippen molar-refractivity contribution in [1.29, 1.82) is 0 Å². The molecule has 0 radical (unpaired) electrons. The Balaban J connectivity index is 1.52. The Morgan fingerprint density at radius 2 is 1.96 bits per heavy atom. The van der Waals surface area contributed by atoms with Crippen molar-refractivity contribution in [1.82, 2.24) is 9.38 Å². The van der Waals surface area contributed by atoms with Crippen LogP contribution >= 0.6 is 0 Å². The number of imidazole rings is 1. The van der Waals surface area contributed by atoms with Crippen LogP contribution in [0.25, 0.3) is 16.8 Å². The maximum absolute atomic E-state index is 12.9. The lowest BCUT2D eigenvalue weighted by molar-refractivity contribution is 0.0985. The molecular formula is C20H15N3O2. The van der Waals surface area contributed by atoms with Gasteiger partial charge in [-0.25, -0.2) is 4.98 Å². The molecule has 4 heterocycles. The summed E-state index contributed by atoms with van der Waals surface area (Å²) < 4.78 is 7.03. The van der Waals surface area contributed by atoms with Crippen molar-refractivity contribution in [2.45, 2.75) is 6.42 Å². The molecule has 122 valence electrons. The number of pyridine rings is 1. The summed E-state index contributed by atoms with van der Waals surface area (Å²) in [5.41, 5.74) is 5.43. The number of rotatable bonds is 2. The van der Waals surface area contributed by atoms with Crippen molar-refractivity contribution in [3.63, 3.8) is 0 Å². The molecule has 25 heavy (non-hydrogen) atoms. The summed E-state index contributed by atoms with van der Waals surface area (Å²) in [6.07, 6.45) is 7.99. The summed E-state index contributed by atoms with van der Waals surface area (Å²) in [4.78, 5) is 19.2. The van der Waals surface area contributed by atoms with E-state index in [4.69, 9.17) is 4.42 Å². The van der Waals surface area contributed by atoms with E-state index < -0.39 is 0 Å². The minimum atomic E-state index is -0.0569. The lowest BCUT2D eigenvalue weighted by Crippen LogP contribution is -2.29. The average molecular weight is 329 g/mol. The third kappa shape index (κ3) is 2.24. The second-order valence-electron chi connectivity index (χ2n) is 6.16. The highest BCUT2D eigenvalue weighted by Crippen LogP contribution is 2.29. The van der Waals surface area contributed by atoms with Crippen LogP contribution in [0.5, 0.6) is 0 Å². The quantitative estimate of drug-likeness (QED) is 0.562. The number of aromatic nitrogens is 2. The average Bonchev–Trinajstić information content (AvgIpc) is 3.38.